The Hall–Kier alpha value is -1.85. The molecule has 1 rings (SSSR count). The van der Waals surface area contributed by atoms with Gasteiger partial charge in [-0.15, -0.1) is 0 Å². The van der Waals surface area contributed by atoms with Crippen LogP contribution in [0.2, 0.25) is 0 Å². The predicted octanol–water partition coefficient (Wildman–Crippen LogP) is 2.93. The Morgan fingerprint density at radius 2 is 2.00 bits per heavy atom. The highest BCUT2D eigenvalue weighted by molar-refractivity contribution is 5.89. The first-order valence-electron chi connectivity index (χ1n) is 5.71. The Bertz CT molecular complexity index is 469. The number of ether oxygens (including phenoxy) is 1. The third-order valence-corrected chi connectivity index (χ3v) is 2.21. The minimum atomic E-state index is -0.627. The molecule has 100 valence electrons. The molecule has 0 spiro atoms. The molecule has 0 atom stereocenters. The Kier molecular flexibility index (Phi) is 3.79. The molecule has 18 heavy (non-hydrogen) atoms. The Balaban J connectivity index is 3.14. The number of hydrogen-bond donors (Lipinski definition) is 0. The minimum Gasteiger partial charge on any atom is -0.455 e. The van der Waals surface area contributed by atoms with Gasteiger partial charge < -0.3 is 9.30 Å². The van der Waals surface area contributed by atoms with Crippen LogP contribution in [0, 0.1) is 10.1 Å². The smallest absolute Gasteiger partial charge is 0.355 e. The first kappa shape index (κ1) is 14.2. The van der Waals surface area contributed by atoms with Crippen molar-refractivity contribution in [3.63, 3.8) is 0 Å². The van der Waals surface area contributed by atoms with Crippen LogP contribution in [0.1, 0.15) is 51.1 Å². The van der Waals surface area contributed by atoms with Crippen LogP contribution in [-0.2, 0) is 4.74 Å². The van der Waals surface area contributed by atoms with Crippen molar-refractivity contribution in [2.75, 3.05) is 0 Å². The molecule has 1 aromatic rings. The zero-order valence-electron chi connectivity index (χ0n) is 11.3. The SMILES string of the molecule is CC(C)n1cc([N+](=O)[O-])cc1C(=O)OC(C)(C)C. The molecular weight excluding hydrogens is 236 g/mol. The first-order valence-corrected chi connectivity index (χ1v) is 5.71. The Morgan fingerprint density at radius 3 is 2.39 bits per heavy atom. The zero-order chi connectivity index (χ0) is 14.1. The number of aromatic nitrogens is 1. The van der Waals surface area contributed by atoms with Gasteiger partial charge in [0.2, 0.25) is 0 Å². The zero-order valence-corrected chi connectivity index (χ0v) is 11.3. The van der Waals surface area contributed by atoms with E-state index >= 15 is 0 Å². The summed E-state index contributed by atoms with van der Waals surface area (Å²) in [6.07, 6.45) is 1.35. The number of carbonyl (C=O) groups is 1. The molecule has 1 aromatic heterocycles. The van der Waals surface area contributed by atoms with Gasteiger partial charge in [0.1, 0.15) is 11.3 Å². The van der Waals surface area contributed by atoms with E-state index in [4.69, 9.17) is 4.74 Å². The lowest BCUT2D eigenvalue weighted by Gasteiger charge is -2.20. The fraction of sp³-hybridized carbons (Fsp3) is 0.583. The molecule has 1 heterocycles. The van der Waals surface area contributed by atoms with Crippen LogP contribution in [0.4, 0.5) is 5.69 Å². The lowest BCUT2D eigenvalue weighted by molar-refractivity contribution is -0.384. The molecule has 0 unspecified atom stereocenters. The molecule has 0 N–H and O–H groups in total. The van der Waals surface area contributed by atoms with Gasteiger partial charge in [0, 0.05) is 12.1 Å². The van der Waals surface area contributed by atoms with E-state index in [-0.39, 0.29) is 17.4 Å². The molecule has 6 heteroatoms. The van der Waals surface area contributed by atoms with Gasteiger partial charge in [-0.3, -0.25) is 10.1 Å². The highest BCUT2D eigenvalue weighted by Crippen LogP contribution is 2.22. The molecule has 0 aliphatic heterocycles. The summed E-state index contributed by atoms with van der Waals surface area (Å²) in [6.45, 7) is 8.95. The first-order chi connectivity index (χ1) is 8.11. The molecule has 0 aliphatic rings. The summed E-state index contributed by atoms with van der Waals surface area (Å²) in [7, 11) is 0. The second kappa shape index (κ2) is 4.80. The van der Waals surface area contributed by atoms with Gasteiger partial charge >= 0.3 is 5.97 Å². The normalized spacial score (nSPS) is 11.7. The van der Waals surface area contributed by atoms with E-state index in [2.05, 4.69) is 0 Å². The van der Waals surface area contributed by atoms with Crippen molar-refractivity contribution in [2.45, 2.75) is 46.3 Å². The Labute approximate surface area is 106 Å². The molecular formula is C12H18N2O4. The molecule has 0 aromatic carbocycles. The fourth-order valence-corrected chi connectivity index (χ4v) is 1.49. The number of carbonyl (C=O) groups excluding carboxylic acids is 1. The van der Waals surface area contributed by atoms with Crippen LogP contribution >= 0.6 is 0 Å². The quantitative estimate of drug-likeness (QED) is 0.472. The van der Waals surface area contributed by atoms with Crippen molar-refractivity contribution < 1.29 is 14.5 Å². The maximum atomic E-state index is 12.0. The monoisotopic (exact) mass is 254 g/mol. The van der Waals surface area contributed by atoms with Crippen molar-refractivity contribution in [1.82, 2.24) is 4.57 Å². The molecule has 0 radical (unpaired) electrons. The summed E-state index contributed by atoms with van der Waals surface area (Å²) >= 11 is 0. The summed E-state index contributed by atoms with van der Waals surface area (Å²) in [5, 5.41) is 10.7. The second-order valence-corrected chi connectivity index (χ2v) is 5.34. The molecule has 6 nitrogen and oxygen atoms in total. The van der Waals surface area contributed by atoms with E-state index < -0.39 is 16.5 Å². The number of nitro groups is 1. The van der Waals surface area contributed by atoms with Crippen molar-refractivity contribution in [1.29, 1.82) is 0 Å². The van der Waals surface area contributed by atoms with Crippen molar-refractivity contribution in [2.24, 2.45) is 0 Å². The van der Waals surface area contributed by atoms with Crippen molar-refractivity contribution in [3.8, 4) is 0 Å². The molecule has 0 aliphatic carbocycles. The standard InChI is InChI=1S/C12H18N2O4/c1-8(2)13-7-9(14(16)17)6-10(13)11(15)18-12(3,4)5/h6-8H,1-5H3. The van der Waals surface area contributed by atoms with E-state index in [0.29, 0.717) is 0 Å². The van der Waals surface area contributed by atoms with E-state index in [0.717, 1.165) is 0 Å². The van der Waals surface area contributed by atoms with E-state index in [1.165, 1.54) is 12.3 Å². The van der Waals surface area contributed by atoms with Gasteiger partial charge in [0.05, 0.1) is 11.1 Å². The van der Waals surface area contributed by atoms with Crippen LogP contribution in [0.25, 0.3) is 0 Å². The van der Waals surface area contributed by atoms with E-state index in [9.17, 15) is 14.9 Å². The molecule has 0 amide bonds. The summed E-state index contributed by atoms with van der Waals surface area (Å²) in [5.74, 6) is -0.552. The Morgan fingerprint density at radius 1 is 1.44 bits per heavy atom. The van der Waals surface area contributed by atoms with E-state index in [1.807, 2.05) is 13.8 Å². The van der Waals surface area contributed by atoms with Gasteiger partial charge in [0.25, 0.3) is 5.69 Å². The van der Waals surface area contributed by atoms with Crippen LogP contribution in [0.5, 0.6) is 0 Å². The summed E-state index contributed by atoms with van der Waals surface area (Å²) < 4.78 is 6.77. The van der Waals surface area contributed by atoms with Crippen LogP contribution in [0.3, 0.4) is 0 Å². The summed E-state index contributed by atoms with van der Waals surface area (Å²) in [4.78, 5) is 22.2. The third-order valence-electron chi connectivity index (χ3n) is 2.21. The lowest BCUT2D eigenvalue weighted by Crippen LogP contribution is -2.25. The van der Waals surface area contributed by atoms with Crippen LogP contribution in [-0.4, -0.2) is 21.1 Å². The summed E-state index contributed by atoms with van der Waals surface area (Å²) in [6, 6.07) is 1.19. The van der Waals surface area contributed by atoms with Gasteiger partial charge in [-0.25, -0.2) is 4.79 Å². The largest absolute Gasteiger partial charge is 0.455 e. The topological polar surface area (TPSA) is 74.4 Å². The number of rotatable bonds is 3. The molecule has 0 bridgehead atoms. The maximum absolute atomic E-state index is 12.0. The predicted molar refractivity (Wildman–Crippen MR) is 66.6 cm³/mol. The van der Waals surface area contributed by atoms with Gasteiger partial charge in [0.15, 0.2) is 0 Å². The van der Waals surface area contributed by atoms with Crippen molar-refractivity contribution in [3.05, 3.63) is 28.1 Å². The second-order valence-electron chi connectivity index (χ2n) is 5.34. The van der Waals surface area contributed by atoms with Gasteiger partial charge in [-0.2, -0.15) is 0 Å². The highest BCUT2D eigenvalue weighted by Gasteiger charge is 2.25. The van der Waals surface area contributed by atoms with Gasteiger partial charge in [-0.05, 0) is 34.6 Å². The summed E-state index contributed by atoms with van der Waals surface area (Å²) in [5.41, 5.74) is -0.533. The maximum Gasteiger partial charge on any atom is 0.355 e. The average Bonchev–Trinajstić information content (AvgIpc) is 2.58. The van der Waals surface area contributed by atoms with E-state index in [1.54, 1.807) is 25.3 Å². The molecule has 0 fully saturated rings. The molecule has 0 saturated heterocycles. The number of hydrogen-bond acceptors (Lipinski definition) is 4. The lowest BCUT2D eigenvalue weighted by atomic mass is 10.2. The third kappa shape index (κ3) is 3.32. The fourth-order valence-electron chi connectivity index (χ4n) is 1.49. The van der Waals surface area contributed by atoms with Crippen LogP contribution < -0.4 is 0 Å². The van der Waals surface area contributed by atoms with Gasteiger partial charge in [-0.1, -0.05) is 0 Å². The number of esters is 1. The minimum absolute atomic E-state index is 0.0544. The molecule has 0 saturated carbocycles. The average molecular weight is 254 g/mol. The van der Waals surface area contributed by atoms with Crippen molar-refractivity contribution >= 4 is 11.7 Å². The van der Waals surface area contributed by atoms with Crippen LogP contribution in [0.15, 0.2) is 12.3 Å². The number of nitrogens with zero attached hydrogens (tertiary/aromatic N) is 2. The highest BCUT2D eigenvalue weighted by atomic mass is 16.6.